The first-order valence-corrected chi connectivity index (χ1v) is 7.80. The molecule has 1 aromatic rings. The van der Waals surface area contributed by atoms with E-state index in [9.17, 15) is 0 Å². The van der Waals surface area contributed by atoms with Crippen molar-refractivity contribution in [2.45, 2.75) is 65.5 Å². The summed E-state index contributed by atoms with van der Waals surface area (Å²) in [6.45, 7) is 8.74. The van der Waals surface area contributed by atoms with Crippen LogP contribution in [0.2, 0.25) is 0 Å². The van der Waals surface area contributed by atoms with Gasteiger partial charge in [-0.05, 0) is 42.1 Å². The monoisotopic (exact) mass is 315 g/mol. The maximum Gasteiger partial charge on any atom is 0.0699 e. The Kier molecular flexibility index (Phi) is 6.36. The van der Waals surface area contributed by atoms with Crippen molar-refractivity contribution < 1.29 is 0 Å². The average Bonchev–Trinajstić information content (AvgIpc) is 2.72. The van der Waals surface area contributed by atoms with Crippen molar-refractivity contribution in [1.82, 2.24) is 9.78 Å². The Labute approximate surface area is 119 Å². The summed E-state index contributed by atoms with van der Waals surface area (Å²) in [7, 11) is 0. The Hall–Kier alpha value is -0.350. The molecule has 0 saturated carbocycles. The van der Waals surface area contributed by atoms with Gasteiger partial charge in [-0.1, -0.05) is 33.1 Å². The summed E-state index contributed by atoms with van der Waals surface area (Å²) < 4.78 is 3.09. The molecule has 2 unspecified atom stereocenters. The molecule has 0 amide bonds. The van der Waals surface area contributed by atoms with E-state index in [2.05, 4.69) is 48.7 Å². The second kappa shape index (κ2) is 7.29. The standard InChI is InChI=1S/C14H26BrN3/c1-5-7-8-11(6-2)13(16)14-12(15)9-17-18(14)10(3)4/h9-11,13H,5-8,16H2,1-4H3. The predicted octanol–water partition coefficient (Wildman–Crippen LogP) is 4.44. The zero-order valence-electron chi connectivity index (χ0n) is 12.0. The molecule has 0 aliphatic rings. The molecule has 0 bridgehead atoms. The van der Waals surface area contributed by atoms with Gasteiger partial charge < -0.3 is 5.73 Å². The van der Waals surface area contributed by atoms with Crippen LogP contribution < -0.4 is 5.73 Å². The molecular formula is C14H26BrN3. The minimum atomic E-state index is 0.0702. The van der Waals surface area contributed by atoms with Gasteiger partial charge >= 0.3 is 0 Å². The molecule has 4 heteroatoms. The largest absolute Gasteiger partial charge is 0.322 e. The molecule has 0 aliphatic carbocycles. The van der Waals surface area contributed by atoms with E-state index in [1.807, 2.05) is 10.9 Å². The van der Waals surface area contributed by atoms with Gasteiger partial charge in [0.2, 0.25) is 0 Å². The van der Waals surface area contributed by atoms with E-state index in [0.717, 1.165) is 16.6 Å². The first kappa shape index (κ1) is 15.7. The van der Waals surface area contributed by atoms with Crippen molar-refractivity contribution in [3.8, 4) is 0 Å². The Balaban J connectivity index is 2.93. The number of hydrogen-bond donors (Lipinski definition) is 1. The topological polar surface area (TPSA) is 43.8 Å². The summed E-state index contributed by atoms with van der Waals surface area (Å²) in [5.74, 6) is 0.537. The molecule has 104 valence electrons. The van der Waals surface area contributed by atoms with Gasteiger partial charge in [-0.25, -0.2) is 0 Å². The number of hydrogen-bond acceptors (Lipinski definition) is 2. The van der Waals surface area contributed by atoms with Crippen LogP contribution in [0.5, 0.6) is 0 Å². The zero-order valence-corrected chi connectivity index (χ0v) is 13.6. The molecule has 1 aromatic heterocycles. The van der Waals surface area contributed by atoms with Gasteiger partial charge in [0.25, 0.3) is 0 Å². The molecule has 3 nitrogen and oxygen atoms in total. The van der Waals surface area contributed by atoms with Crippen molar-refractivity contribution in [3.63, 3.8) is 0 Å². The van der Waals surface area contributed by atoms with E-state index in [1.165, 1.54) is 19.3 Å². The molecule has 18 heavy (non-hydrogen) atoms. The molecule has 0 aromatic carbocycles. The highest BCUT2D eigenvalue weighted by Crippen LogP contribution is 2.32. The Morgan fingerprint density at radius 3 is 2.56 bits per heavy atom. The summed E-state index contributed by atoms with van der Waals surface area (Å²) in [5.41, 5.74) is 7.63. The van der Waals surface area contributed by atoms with E-state index in [4.69, 9.17) is 5.73 Å². The third kappa shape index (κ3) is 3.58. The highest BCUT2D eigenvalue weighted by molar-refractivity contribution is 9.10. The first-order valence-electron chi connectivity index (χ1n) is 7.01. The zero-order chi connectivity index (χ0) is 13.7. The number of unbranched alkanes of at least 4 members (excludes halogenated alkanes) is 1. The average molecular weight is 316 g/mol. The lowest BCUT2D eigenvalue weighted by atomic mass is 9.90. The van der Waals surface area contributed by atoms with Crippen LogP contribution in [0.4, 0.5) is 0 Å². The van der Waals surface area contributed by atoms with Crippen molar-refractivity contribution >= 4 is 15.9 Å². The Morgan fingerprint density at radius 1 is 1.39 bits per heavy atom. The number of nitrogens with zero attached hydrogens (tertiary/aromatic N) is 2. The summed E-state index contributed by atoms with van der Waals surface area (Å²) in [5, 5.41) is 4.42. The molecule has 0 aliphatic heterocycles. The van der Waals surface area contributed by atoms with Crippen LogP contribution in [-0.2, 0) is 0 Å². The molecule has 0 saturated heterocycles. The summed E-state index contributed by atoms with van der Waals surface area (Å²) >= 11 is 3.59. The number of nitrogens with two attached hydrogens (primary N) is 1. The molecule has 0 spiro atoms. The summed E-state index contributed by atoms with van der Waals surface area (Å²) in [6, 6.07) is 0.418. The smallest absolute Gasteiger partial charge is 0.0699 e. The lowest BCUT2D eigenvalue weighted by Gasteiger charge is -2.25. The highest BCUT2D eigenvalue weighted by Gasteiger charge is 2.24. The van der Waals surface area contributed by atoms with Gasteiger partial charge in [0.1, 0.15) is 0 Å². The number of aromatic nitrogens is 2. The van der Waals surface area contributed by atoms with Gasteiger partial charge in [0.15, 0.2) is 0 Å². The van der Waals surface area contributed by atoms with Gasteiger partial charge in [-0.3, -0.25) is 4.68 Å². The van der Waals surface area contributed by atoms with E-state index in [1.54, 1.807) is 0 Å². The fourth-order valence-corrected chi connectivity index (χ4v) is 2.94. The molecule has 2 N–H and O–H groups in total. The van der Waals surface area contributed by atoms with Crippen molar-refractivity contribution in [3.05, 3.63) is 16.4 Å². The summed E-state index contributed by atoms with van der Waals surface area (Å²) in [4.78, 5) is 0. The van der Waals surface area contributed by atoms with Crippen molar-refractivity contribution in [2.24, 2.45) is 11.7 Å². The number of halogens is 1. The Bertz CT molecular complexity index is 360. The fourth-order valence-electron chi connectivity index (χ4n) is 2.40. The van der Waals surface area contributed by atoms with Crippen LogP contribution in [0, 0.1) is 5.92 Å². The third-order valence-electron chi connectivity index (χ3n) is 3.55. The van der Waals surface area contributed by atoms with Gasteiger partial charge in [-0.2, -0.15) is 5.10 Å². The lowest BCUT2D eigenvalue weighted by molar-refractivity contribution is 0.351. The second-order valence-electron chi connectivity index (χ2n) is 5.25. The molecule has 0 fully saturated rings. The second-order valence-corrected chi connectivity index (χ2v) is 6.11. The van der Waals surface area contributed by atoms with Gasteiger partial charge in [-0.15, -0.1) is 0 Å². The lowest BCUT2D eigenvalue weighted by Crippen LogP contribution is -2.25. The van der Waals surface area contributed by atoms with Crippen LogP contribution >= 0.6 is 15.9 Å². The minimum Gasteiger partial charge on any atom is -0.322 e. The SMILES string of the molecule is CCCCC(CC)C(N)c1c(Br)cnn1C(C)C. The van der Waals surface area contributed by atoms with Crippen LogP contribution in [0.15, 0.2) is 10.7 Å². The Morgan fingerprint density at radius 2 is 2.06 bits per heavy atom. The molecule has 0 radical (unpaired) electrons. The molecule has 1 heterocycles. The van der Waals surface area contributed by atoms with E-state index < -0.39 is 0 Å². The fraction of sp³-hybridized carbons (Fsp3) is 0.786. The van der Waals surface area contributed by atoms with Crippen LogP contribution in [0.1, 0.15) is 71.2 Å². The predicted molar refractivity (Wildman–Crippen MR) is 80.5 cm³/mol. The molecule has 1 rings (SSSR count). The van der Waals surface area contributed by atoms with Crippen molar-refractivity contribution in [2.75, 3.05) is 0 Å². The van der Waals surface area contributed by atoms with Crippen LogP contribution in [-0.4, -0.2) is 9.78 Å². The summed E-state index contributed by atoms with van der Waals surface area (Å²) in [6.07, 6.45) is 6.66. The highest BCUT2D eigenvalue weighted by atomic mass is 79.9. The van der Waals surface area contributed by atoms with E-state index >= 15 is 0 Å². The number of rotatable bonds is 7. The van der Waals surface area contributed by atoms with Crippen LogP contribution in [0.3, 0.4) is 0 Å². The van der Waals surface area contributed by atoms with E-state index in [-0.39, 0.29) is 6.04 Å². The molecular weight excluding hydrogens is 290 g/mol. The normalized spacial score (nSPS) is 15.1. The minimum absolute atomic E-state index is 0.0702. The first-order chi connectivity index (χ1) is 8.52. The van der Waals surface area contributed by atoms with Crippen molar-refractivity contribution in [1.29, 1.82) is 0 Å². The third-order valence-corrected chi connectivity index (χ3v) is 4.16. The van der Waals surface area contributed by atoms with Gasteiger partial charge in [0.05, 0.1) is 22.4 Å². The molecule has 2 atom stereocenters. The van der Waals surface area contributed by atoms with Crippen LogP contribution in [0.25, 0.3) is 0 Å². The maximum absolute atomic E-state index is 6.48. The maximum atomic E-state index is 6.48. The quantitative estimate of drug-likeness (QED) is 0.808. The van der Waals surface area contributed by atoms with Gasteiger partial charge in [0, 0.05) is 6.04 Å². The van der Waals surface area contributed by atoms with E-state index in [0.29, 0.717) is 12.0 Å².